The molecule has 1 aromatic rings. The summed E-state index contributed by atoms with van der Waals surface area (Å²) in [4.78, 5) is 18.2. The Hall–Kier alpha value is -1.68. The van der Waals surface area contributed by atoms with Crippen LogP contribution in [0.25, 0.3) is 0 Å². The average Bonchev–Trinajstić information content (AvgIpc) is 2.36. The molecule has 1 aromatic heterocycles. The number of nitrogens with zero attached hydrogens (tertiary/aromatic N) is 2. The van der Waals surface area contributed by atoms with Gasteiger partial charge in [0, 0.05) is 43.8 Å². The van der Waals surface area contributed by atoms with E-state index in [1.165, 1.54) is 0 Å². The molecular formula is C14H18N2O2. The van der Waals surface area contributed by atoms with Crippen molar-refractivity contribution in [2.24, 2.45) is 0 Å². The lowest BCUT2D eigenvalue weighted by Gasteiger charge is -2.32. The Morgan fingerprint density at radius 3 is 2.89 bits per heavy atom. The van der Waals surface area contributed by atoms with E-state index < -0.39 is 5.60 Å². The highest BCUT2D eigenvalue weighted by molar-refractivity contribution is 6.02. The number of rotatable bonds is 2. The van der Waals surface area contributed by atoms with Crippen molar-refractivity contribution >= 4 is 5.78 Å². The predicted molar refractivity (Wildman–Crippen MR) is 68.8 cm³/mol. The van der Waals surface area contributed by atoms with E-state index in [0.717, 1.165) is 12.8 Å². The molecule has 0 aliphatic heterocycles. The molecule has 0 spiro atoms. The molecule has 4 nitrogen and oxygen atoms in total. The summed E-state index contributed by atoms with van der Waals surface area (Å²) in [7, 11) is 3.75. The molecule has 1 N–H and O–H groups in total. The van der Waals surface area contributed by atoms with Gasteiger partial charge in [-0.2, -0.15) is 0 Å². The fraction of sp³-hybridized carbons (Fsp3) is 0.429. The van der Waals surface area contributed by atoms with Crippen LogP contribution in [0.1, 0.15) is 24.8 Å². The van der Waals surface area contributed by atoms with E-state index in [1.807, 2.05) is 19.0 Å². The van der Waals surface area contributed by atoms with Gasteiger partial charge in [0.1, 0.15) is 0 Å². The predicted octanol–water partition coefficient (Wildman–Crippen LogP) is 1.47. The van der Waals surface area contributed by atoms with Gasteiger partial charge < -0.3 is 10.0 Å². The molecule has 1 saturated carbocycles. The summed E-state index contributed by atoms with van der Waals surface area (Å²) in [6.45, 7) is 0. The Morgan fingerprint density at radius 1 is 1.50 bits per heavy atom. The molecular weight excluding hydrogens is 228 g/mol. The third-order valence-electron chi connectivity index (χ3n) is 3.21. The summed E-state index contributed by atoms with van der Waals surface area (Å²) in [6.07, 6.45) is 6.98. The van der Waals surface area contributed by atoms with Crippen molar-refractivity contribution in [2.75, 3.05) is 14.1 Å². The zero-order valence-electron chi connectivity index (χ0n) is 10.8. The maximum Gasteiger partial charge on any atom is 0.196 e. The number of hydrogen-bond acceptors (Lipinski definition) is 4. The third kappa shape index (κ3) is 2.29. The standard InChI is InChI=1S/C14H18N2O2/c1-16(2)10-11-5-3-7-14(18,13(11)17)12-6-4-8-15-9-12/h4,6,8-10,18H,3,5,7H2,1-2H3. The van der Waals surface area contributed by atoms with Gasteiger partial charge in [-0.3, -0.25) is 9.78 Å². The van der Waals surface area contributed by atoms with Crippen molar-refractivity contribution in [2.45, 2.75) is 24.9 Å². The fourth-order valence-corrected chi connectivity index (χ4v) is 2.35. The van der Waals surface area contributed by atoms with Crippen LogP contribution in [-0.4, -0.2) is 34.9 Å². The number of ketones is 1. The maximum absolute atomic E-state index is 12.4. The molecule has 0 bridgehead atoms. The van der Waals surface area contributed by atoms with Crippen molar-refractivity contribution < 1.29 is 9.90 Å². The van der Waals surface area contributed by atoms with Crippen molar-refractivity contribution in [1.29, 1.82) is 0 Å². The maximum atomic E-state index is 12.4. The molecule has 18 heavy (non-hydrogen) atoms. The molecule has 1 aliphatic carbocycles. The van der Waals surface area contributed by atoms with Gasteiger partial charge in [0.2, 0.25) is 0 Å². The van der Waals surface area contributed by atoms with Crippen LogP contribution in [0.5, 0.6) is 0 Å². The normalized spacial score (nSPS) is 26.4. The molecule has 0 aromatic carbocycles. The van der Waals surface area contributed by atoms with Gasteiger partial charge in [0.05, 0.1) is 0 Å². The summed E-state index contributed by atoms with van der Waals surface area (Å²) in [5.41, 5.74) is -0.147. The van der Waals surface area contributed by atoms with Crippen molar-refractivity contribution in [1.82, 2.24) is 9.88 Å². The van der Waals surface area contributed by atoms with E-state index in [9.17, 15) is 9.90 Å². The molecule has 0 radical (unpaired) electrons. The summed E-state index contributed by atoms with van der Waals surface area (Å²) in [6, 6.07) is 3.49. The van der Waals surface area contributed by atoms with Crippen LogP contribution in [0.4, 0.5) is 0 Å². The van der Waals surface area contributed by atoms with Crippen molar-refractivity contribution in [3.8, 4) is 0 Å². The first-order valence-electron chi connectivity index (χ1n) is 6.09. The highest BCUT2D eigenvalue weighted by Crippen LogP contribution is 2.36. The van der Waals surface area contributed by atoms with E-state index in [4.69, 9.17) is 0 Å². The smallest absolute Gasteiger partial charge is 0.196 e. The number of pyridine rings is 1. The first-order valence-corrected chi connectivity index (χ1v) is 6.09. The Morgan fingerprint density at radius 2 is 2.28 bits per heavy atom. The zero-order valence-corrected chi connectivity index (χ0v) is 10.8. The van der Waals surface area contributed by atoms with Gasteiger partial charge >= 0.3 is 0 Å². The second-order valence-corrected chi connectivity index (χ2v) is 4.90. The molecule has 0 amide bonds. The molecule has 2 rings (SSSR count). The number of aliphatic hydroxyl groups is 1. The minimum Gasteiger partial charge on any atom is -0.383 e. The van der Waals surface area contributed by atoms with Crippen LogP contribution in [0.15, 0.2) is 36.3 Å². The van der Waals surface area contributed by atoms with Gasteiger partial charge in [-0.05, 0) is 25.3 Å². The summed E-state index contributed by atoms with van der Waals surface area (Å²) in [5.74, 6) is -0.199. The van der Waals surface area contributed by atoms with Gasteiger partial charge in [-0.25, -0.2) is 0 Å². The average molecular weight is 246 g/mol. The summed E-state index contributed by atoms with van der Waals surface area (Å²) < 4.78 is 0. The Balaban J connectivity index is 2.37. The van der Waals surface area contributed by atoms with Gasteiger partial charge in [-0.15, -0.1) is 0 Å². The van der Waals surface area contributed by atoms with Crippen molar-refractivity contribution in [3.63, 3.8) is 0 Å². The second-order valence-electron chi connectivity index (χ2n) is 4.90. The number of carbonyl (C=O) groups is 1. The molecule has 0 saturated heterocycles. The minimum atomic E-state index is -1.41. The zero-order chi connectivity index (χ0) is 13.2. The van der Waals surface area contributed by atoms with E-state index in [1.54, 1.807) is 30.7 Å². The number of carbonyl (C=O) groups excluding carboxylic acids is 1. The minimum absolute atomic E-state index is 0.199. The van der Waals surface area contributed by atoms with Gasteiger partial charge in [0.15, 0.2) is 11.4 Å². The molecule has 1 unspecified atom stereocenters. The van der Waals surface area contributed by atoms with Crippen molar-refractivity contribution in [3.05, 3.63) is 41.9 Å². The van der Waals surface area contributed by atoms with Crippen LogP contribution >= 0.6 is 0 Å². The van der Waals surface area contributed by atoms with Crippen LogP contribution in [0.3, 0.4) is 0 Å². The lowest BCUT2D eigenvalue weighted by Crippen LogP contribution is -2.40. The molecule has 1 aliphatic rings. The first-order chi connectivity index (χ1) is 8.54. The third-order valence-corrected chi connectivity index (χ3v) is 3.21. The van der Waals surface area contributed by atoms with E-state index in [2.05, 4.69) is 4.98 Å². The molecule has 1 atom stereocenters. The van der Waals surface area contributed by atoms with Crippen LogP contribution < -0.4 is 0 Å². The summed E-state index contributed by atoms with van der Waals surface area (Å²) in [5, 5.41) is 10.6. The highest BCUT2D eigenvalue weighted by atomic mass is 16.3. The van der Waals surface area contributed by atoms with E-state index in [0.29, 0.717) is 17.6 Å². The largest absolute Gasteiger partial charge is 0.383 e. The Labute approximate surface area is 107 Å². The monoisotopic (exact) mass is 246 g/mol. The van der Waals surface area contributed by atoms with Crippen LogP contribution in [-0.2, 0) is 10.4 Å². The fourth-order valence-electron chi connectivity index (χ4n) is 2.35. The first kappa shape index (κ1) is 12.8. The van der Waals surface area contributed by atoms with E-state index in [-0.39, 0.29) is 5.78 Å². The van der Waals surface area contributed by atoms with Crippen LogP contribution in [0.2, 0.25) is 0 Å². The molecule has 4 heteroatoms. The molecule has 1 heterocycles. The van der Waals surface area contributed by atoms with E-state index >= 15 is 0 Å². The summed E-state index contributed by atoms with van der Waals surface area (Å²) >= 11 is 0. The number of aromatic nitrogens is 1. The molecule has 96 valence electrons. The number of hydrogen-bond donors (Lipinski definition) is 1. The molecule has 1 fully saturated rings. The van der Waals surface area contributed by atoms with Gasteiger partial charge in [-0.1, -0.05) is 6.07 Å². The van der Waals surface area contributed by atoms with Gasteiger partial charge in [0.25, 0.3) is 0 Å². The topological polar surface area (TPSA) is 53.4 Å². The quantitative estimate of drug-likeness (QED) is 0.803. The number of Topliss-reactive ketones (excluding diaryl/α,β-unsaturated/α-hetero) is 1. The van der Waals surface area contributed by atoms with Crippen LogP contribution in [0, 0.1) is 0 Å². The lowest BCUT2D eigenvalue weighted by atomic mass is 9.77. The second kappa shape index (κ2) is 4.90. The highest BCUT2D eigenvalue weighted by Gasteiger charge is 2.42. The Kier molecular flexibility index (Phi) is 3.48. The lowest BCUT2D eigenvalue weighted by molar-refractivity contribution is -0.137. The SMILES string of the molecule is CN(C)C=C1CCCC(O)(c2cccnc2)C1=O. The Bertz CT molecular complexity index is 468.